The number of rotatable bonds is 3. The van der Waals surface area contributed by atoms with E-state index in [-0.39, 0.29) is 0 Å². The summed E-state index contributed by atoms with van der Waals surface area (Å²) >= 11 is 0. The van der Waals surface area contributed by atoms with Crippen LogP contribution < -0.4 is 0 Å². The molecule has 0 fully saturated rings. The van der Waals surface area contributed by atoms with E-state index in [4.69, 9.17) is 0 Å². The molecule has 0 aromatic heterocycles. The zero-order valence-corrected chi connectivity index (χ0v) is 34.0. The molecular formula is C57H50. The van der Waals surface area contributed by atoms with Crippen molar-refractivity contribution in [2.24, 2.45) is 0 Å². The summed E-state index contributed by atoms with van der Waals surface area (Å²) in [5, 5.41) is 12.9. The van der Waals surface area contributed by atoms with Crippen molar-refractivity contribution in [3.05, 3.63) is 182 Å². The summed E-state index contributed by atoms with van der Waals surface area (Å²) in [6.07, 6.45) is 1.25. The predicted octanol–water partition coefficient (Wildman–Crippen LogP) is 17.6. The molecule has 1 aliphatic carbocycles. The molecule has 1 aliphatic rings. The van der Waals surface area contributed by atoms with Crippen LogP contribution in [-0.4, -0.2) is 0 Å². The van der Waals surface area contributed by atoms with Gasteiger partial charge < -0.3 is 0 Å². The first kappa shape index (κ1) is 37.4. The van der Waals surface area contributed by atoms with Crippen LogP contribution in [0.2, 0.25) is 0 Å². The third kappa shape index (κ3) is 6.56. The molecule has 0 heteroatoms. The van der Waals surface area contributed by atoms with Crippen molar-refractivity contribution in [1.29, 1.82) is 0 Å². The molecule has 0 nitrogen and oxygen atoms in total. The minimum absolute atomic E-state index is 1.23. The van der Waals surface area contributed by atoms with Crippen molar-refractivity contribution in [3.63, 3.8) is 0 Å². The quantitative estimate of drug-likeness (QED) is 0.159. The van der Waals surface area contributed by atoms with Crippen LogP contribution in [0.3, 0.4) is 0 Å². The van der Waals surface area contributed by atoms with Gasteiger partial charge in [0.05, 0.1) is 0 Å². The van der Waals surface area contributed by atoms with E-state index in [0.717, 1.165) is 0 Å². The van der Waals surface area contributed by atoms with Gasteiger partial charge in [-0.05, 0) is 134 Å². The van der Waals surface area contributed by atoms with E-state index in [2.05, 4.69) is 196 Å². The summed E-state index contributed by atoms with van der Waals surface area (Å²) in [7, 11) is 0. The second-order valence-electron chi connectivity index (χ2n) is 14.4. The molecule has 0 unspecified atom stereocenters. The Balaban J connectivity index is 0.000000615. The minimum atomic E-state index is 1.23. The number of hydrogen-bond acceptors (Lipinski definition) is 0. The standard InChI is InChI=1S/C50H30.C3H8.2C2H6/c1-2-12-40-32(9-1)21-24-37-30-48(43-15-5-6-16-45(43)49(37)40)36-23-20-31-19-22-34(28-38(31)29-36)33-10-7-11-35(27-33)39-25-26-47-42-14-4-3-13-41(42)46-18-8-17-44(39)50(46)47;1-3-2;2*1-2/h1-30H;3H2,1-2H3;2*1-2H3. The zero-order valence-electron chi connectivity index (χ0n) is 34.0. The summed E-state index contributed by atoms with van der Waals surface area (Å²) in [5.41, 5.74) is 12.8. The van der Waals surface area contributed by atoms with E-state index < -0.39 is 0 Å². The van der Waals surface area contributed by atoms with Crippen molar-refractivity contribution in [2.45, 2.75) is 48.0 Å². The molecular weight excluding hydrogens is 685 g/mol. The fraction of sp³-hybridized carbons (Fsp3) is 0.123. The van der Waals surface area contributed by atoms with Gasteiger partial charge in [-0.25, -0.2) is 0 Å². The summed E-state index contributed by atoms with van der Waals surface area (Å²) in [6.45, 7) is 12.2. The Morgan fingerprint density at radius 1 is 0.263 bits per heavy atom. The van der Waals surface area contributed by atoms with E-state index in [1.807, 2.05) is 27.7 Å². The molecule has 0 saturated heterocycles. The second-order valence-corrected chi connectivity index (χ2v) is 14.4. The largest absolute Gasteiger partial charge is 0.0683 e. The van der Waals surface area contributed by atoms with E-state index in [1.54, 1.807) is 0 Å². The highest BCUT2D eigenvalue weighted by Gasteiger charge is 2.22. The van der Waals surface area contributed by atoms with E-state index in [0.29, 0.717) is 0 Å². The van der Waals surface area contributed by atoms with Gasteiger partial charge in [-0.15, -0.1) is 0 Å². The third-order valence-electron chi connectivity index (χ3n) is 11.0. The smallest absolute Gasteiger partial charge is 0.00201 e. The lowest BCUT2D eigenvalue weighted by molar-refractivity contribution is 1.09. The Labute approximate surface area is 338 Å². The lowest BCUT2D eigenvalue weighted by Crippen LogP contribution is -1.87. The number of benzene rings is 10. The fourth-order valence-corrected chi connectivity index (χ4v) is 8.64. The molecule has 10 aromatic rings. The van der Waals surface area contributed by atoms with Crippen molar-refractivity contribution >= 4 is 53.9 Å². The molecule has 0 bridgehead atoms. The van der Waals surface area contributed by atoms with Crippen LogP contribution >= 0.6 is 0 Å². The Morgan fingerprint density at radius 2 is 0.754 bits per heavy atom. The highest BCUT2D eigenvalue weighted by atomic mass is 14.2. The lowest BCUT2D eigenvalue weighted by atomic mass is 9.89. The highest BCUT2D eigenvalue weighted by Crippen LogP contribution is 2.49. The number of hydrogen-bond donors (Lipinski definition) is 0. The first-order chi connectivity index (χ1) is 28.2. The molecule has 0 saturated carbocycles. The predicted molar refractivity (Wildman–Crippen MR) is 253 cm³/mol. The Morgan fingerprint density at radius 3 is 1.53 bits per heavy atom. The van der Waals surface area contributed by atoms with Gasteiger partial charge in [0.2, 0.25) is 0 Å². The Hall–Kier alpha value is -6.50. The maximum atomic E-state index is 2.38. The summed E-state index contributed by atoms with van der Waals surface area (Å²) in [5.74, 6) is 0. The molecule has 57 heavy (non-hydrogen) atoms. The normalized spacial score (nSPS) is 11.1. The first-order valence-electron chi connectivity index (χ1n) is 20.8. The topological polar surface area (TPSA) is 0 Å². The van der Waals surface area contributed by atoms with Crippen LogP contribution in [0, 0.1) is 0 Å². The molecule has 0 N–H and O–H groups in total. The van der Waals surface area contributed by atoms with Crippen molar-refractivity contribution in [3.8, 4) is 55.6 Å². The average molecular weight is 735 g/mol. The molecule has 0 atom stereocenters. The molecule has 0 heterocycles. The van der Waals surface area contributed by atoms with Gasteiger partial charge in [0.1, 0.15) is 0 Å². The van der Waals surface area contributed by atoms with E-state index in [1.165, 1.54) is 116 Å². The lowest BCUT2D eigenvalue weighted by Gasteiger charge is -2.14. The van der Waals surface area contributed by atoms with Gasteiger partial charge in [-0.1, -0.05) is 206 Å². The Kier molecular flexibility index (Phi) is 10.7. The maximum Gasteiger partial charge on any atom is -0.00201 e. The first-order valence-corrected chi connectivity index (χ1v) is 20.8. The Bertz CT molecular complexity index is 3020. The van der Waals surface area contributed by atoms with Gasteiger partial charge in [0.15, 0.2) is 0 Å². The highest BCUT2D eigenvalue weighted by molar-refractivity contribution is 6.23. The summed E-state index contributed by atoms with van der Waals surface area (Å²) < 4.78 is 0. The van der Waals surface area contributed by atoms with Crippen LogP contribution in [0.5, 0.6) is 0 Å². The van der Waals surface area contributed by atoms with Crippen molar-refractivity contribution in [1.82, 2.24) is 0 Å². The molecule has 278 valence electrons. The van der Waals surface area contributed by atoms with Gasteiger partial charge in [-0.2, -0.15) is 0 Å². The summed E-state index contributed by atoms with van der Waals surface area (Å²) in [6, 6.07) is 67.6. The van der Waals surface area contributed by atoms with Crippen LogP contribution in [0.4, 0.5) is 0 Å². The molecule has 0 amide bonds. The van der Waals surface area contributed by atoms with Gasteiger partial charge >= 0.3 is 0 Å². The molecule has 10 aromatic carbocycles. The SMILES string of the molecule is CC.CC.CCC.c1cc(-c2ccc3ccc(-c4cc5ccc6ccccc6c5c5ccccc45)cc3c2)cc(-c2ccc3c4c(cccc24)-c2ccccc2-3)c1. The molecule has 0 aliphatic heterocycles. The van der Waals surface area contributed by atoms with Crippen molar-refractivity contribution < 1.29 is 0 Å². The second kappa shape index (κ2) is 16.3. The van der Waals surface area contributed by atoms with E-state index >= 15 is 0 Å². The fourth-order valence-electron chi connectivity index (χ4n) is 8.64. The average Bonchev–Trinajstić information content (AvgIpc) is 3.62. The molecule has 11 rings (SSSR count). The summed E-state index contributed by atoms with van der Waals surface area (Å²) in [4.78, 5) is 0. The minimum Gasteiger partial charge on any atom is -0.0683 e. The van der Waals surface area contributed by atoms with Crippen LogP contribution in [0.1, 0.15) is 48.0 Å². The van der Waals surface area contributed by atoms with Crippen LogP contribution in [-0.2, 0) is 0 Å². The van der Waals surface area contributed by atoms with Crippen LogP contribution in [0.15, 0.2) is 182 Å². The van der Waals surface area contributed by atoms with Crippen LogP contribution in [0.25, 0.3) is 109 Å². The van der Waals surface area contributed by atoms with Gasteiger partial charge in [-0.3, -0.25) is 0 Å². The van der Waals surface area contributed by atoms with E-state index in [9.17, 15) is 0 Å². The number of fused-ring (bicyclic) bond motifs is 9. The zero-order chi connectivity index (χ0) is 39.5. The van der Waals surface area contributed by atoms with Gasteiger partial charge in [0, 0.05) is 0 Å². The monoisotopic (exact) mass is 734 g/mol. The molecule has 0 spiro atoms. The van der Waals surface area contributed by atoms with Gasteiger partial charge in [0.25, 0.3) is 0 Å². The third-order valence-corrected chi connectivity index (χ3v) is 11.0. The van der Waals surface area contributed by atoms with Crippen molar-refractivity contribution in [2.75, 3.05) is 0 Å². The maximum absolute atomic E-state index is 2.38. The molecule has 0 radical (unpaired) electrons.